The fourth-order valence-electron chi connectivity index (χ4n) is 9.75. The van der Waals surface area contributed by atoms with Crippen LogP contribution in [0.5, 0.6) is 0 Å². The van der Waals surface area contributed by atoms with Gasteiger partial charge in [-0.25, -0.2) is 0 Å². The Balaban J connectivity index is 1.02. The van der Waals surface area contributed by atoms with Gasteiger partial charge in [-0.1, -0.05) is 152 Å². The Hall–Kier alpha value is -8.48. The van der Waals surface area contributed by atoms with E-state index in [2.05, 4.69) is 208 Å². The standard InChI is InChI=1S/C56H35N5O/c1-3-17-36(18-4-1)55-57-58-56(37-19-5-2-6-20-37)61(55)49-31-16-30-48-52(49)43-25-8-12-28-46(43)59(48)39-22-15-21-38(35-39)40-23-7-11-27-45(40)60-47-29-13-9-26-44(47)53-50(60)34-33-42-41-24-10-14-32-51(41)62-54(42)53/h1-35H. The maximum Gasteiger partial charge on any atom is 0.168 e. The second-order valence-corrected chi connectivity index (χ2v) is 15.8. The molecule has 0 amide bonds. The van der Waals surface area contributed by atoms with Gasteiger partial charge in [-0.15, -0.1) is 10.2 Å². The summed E-state index contributed by atoms with van der Waals surface area (Å²) in [6, 6.07) is 75.1. The summed E-state index contributed by atoms with van der Waals surface area (Å²) in [4.78, 5) is 0. The van der Waals surface area contributed by atoms with Crippen molar-refractivity contribution in [3.8, 4) is 51.0 Å². The van der Waals surface area contributed by atoms with Crippen molar-refractivity contribution < 1.29 is 4.42 Å². The molecule has 0 aliphatic rings. The molecule has 13 rings (SSSR count). The third-order valence-corrected chi connectivity index (χ3v) is 12.4. The maximum absolute atomic E-state index is 6.63. The van der Waals surface area contributed by atoms with Crippen molar-refractivity contribution in [2.24, 2.45) is 0 Å². The van der Waals surface area contributed by atoms with Crippen LogP contribution in [0.3, 0.4) is 0 Å². The lowest BCUT2D eigenvalue weighted by atomic mass is 10.0. The minimum atomic E-state index is 0.790. The minimum absolute atomic E-state index is 0.790. The fraction of sp³-hybridized carbons (Fsp3) is 0. The Kier molecular flexibility index (Phi) is 7.50. The van der Waals surface area contributed by atoms with Crippen LogP contribution in [0.15, 0.2) is 217 Å². The highest BCUT2D eigenvalue weighted by molar-refractivity contribution is 6.24. The molecule has 0 N–H and O–H groups in total. The molecule has 13 aromatic rings. The summed E-state index contributed by atoms with van der Waals surface area (Å²) in [7, 11) is 0. The molecule has 290 valence electrons. The molecule has 0 fully saturated rings. The first kappa shape index (κ1) is 34.4. The molecule has 0 spiro atoms. The normalized spacial score (nSPS) is 11.9. The first-order valence-electron chi connectivity index (χ1n) is 20.9. The highest BCUT2D eigenvalue weighted by Crippen LogP contribution is 2.43. The highest BCUT2D eigenvalue weighted by atomic mass is 16.3. The Morgan fingerprint density at radius 2 is 0.887 bits per heavy atom. The van der Waals surface area contributed by atoms with Crippen LogP contribution >= 0.6 is 0 Å². The molecule has 0 aliphatic carbocycles. The van der Waals surface area contributed by atoms with Crippen molar-refractivity contribution in [2.45, 2.75) is 0 Å². The van der Waals surface area contributed by atoms with Gasteiger partial charge in [-0.2, -0.15) is 0 Å². The molecule has 62 heavy (non-hydrogen) atoms. The number of para-hydroxylation sites is 4. The maximum atomic E-state index is 6.63. The van der Waals surface area contributed by atoms with E-state index in [1.807, 2.05) is 18.2 Å². The van der Waals surface area contributed by atoms with Crippen molar-refractivity contribution in [3.63, 3.8) is 0 Å². The van der Waals surface area contributed by atoms with E-state index < -0.39 is 0 Å². The number of hydrogen-bond acceptors (Lipinski definition) is 3. The number of aromatic nitrogens is 5. The number of nitrogens with zero attached hydrogens (tertiary/aromatic N) is 5. The third-order valence-electron chi connectivity index (χ3n) is 12.4. The predicted molar refractivity (Wildman–Crippen MR) is 254 cm³/mol. The summed E-state index contributed by atoms with van der Waals surface area (Å²) in [5.74, 6) is 1.58. The first-order valence-corrected chi connectivity index (χ1v) is 20.9. The molecule has 0 unspecified atom stereocenters. The Morgan fingerprint density at radius 1 is 0.339 bits per heavy atom. The van der Waals surface area contributed by atoms with E-state index in [1.165, 1.54) is 0 Å². The smallest absolute Gasteiger partial charge is 0.168 e. The topological polar surface area (TPSA) is 53.7 Å². The van der Waals surface area contributed by atoms with Gasteiger partial charge in [0.15, 0.2) is 11.6 Å². The zero-order chi connectivity index (χ0) is 40.7. The lowest BCUT2D eigenvalue weighted by Crippen LogP contribution is -2.01. The largest absolute Gasteiger partial charge is 0.455 e. The second kappa shape index (κ2) is 13.5. The Labute approximate surface area is 355 Å². The summed E-state index contributed by atoms with van der Waals surface area (Å²) < 4.78 is 13.7. The van der Waals surface area contributed by atoms with Crippen LogP contribution in [0.4, 0.5) is 0 Å². The van der Waals surface area contributed by atoms with E-state index in [-0.39, 0.29) is 0 Å². The molecule has 9 aromatic carbocycles. The van der Waals surface area contributed by atoms with Crippen LogP contribution in [-0.2, 0) is 0 Å². The summed E-state index contributed by atoms with van der Waals surface area (Å²) in [6.07, 6.45) is 0. The van der Waals surface area contributed by atoms with Crippen molar-refractivity contribution in [1.29, 1.82) is 0 Å². The van der Waals surface area contributed by atoms with Crippen molar-refractivity contribution >= 4 is 65.6 Å². The molecule has 0 radical (unpaired) electrons. The van der Waals surface area contributed by atoms with Gasteiger partial charge in [0.25, 0.3) is 0 Å². The fourth-order valence-corrected chi connectivity index (χ4v) is 9.75. The predicted octanol–water partition coefficient (Wildman–Crippen LogP) is 14.4. The van der Waals surface area contributed by atoms with Crippen LogP contribution in [0.1, 0.15) is 0 Å². The molecule has 6 nitrogen and oxygen atoms in total. The average molecular weight is 794 g/mol. The van der Waals surface area contributed by atoms with E-state index in [1.54, 1.807) is 0 Å². The summed E-state index contributed by atoms with van der Waals surface area (Å²) in [5, 5.41) is 16.5. The van der Waals surface area contributed by atoms with Gasteiger partial charge >= 0.3 is 0 Å². The van der Waals surface area contributed by atoms with Crippen molar-refractivity contribution in [3.05, 3.63) is 212 Å². The van der Waals surface area contributed by atoms with E-state index in [4.69, 9.17) is 14.6 Å². The van der Waals surface area contributed by atoms with Crippen LogP contribution < -0.4 is 0 Å². The molecule has 6 heteroatoms. The summed E-state index contributed by atoms with van der Waals surface area (Å²) in [5.41, 5.74) is 13.7. The quantitative estimate of drug-likeness (QED) is 0.168. The van der Waals surface area contributed by atoms with E-state index in [0.717, 1.165) is 117 Å². The lowest BCUT2D eigenvalue weighted by Gasteiger charge is -2.16. The van der Waals surface area contributed by atoms with Gasteiger partial charge in [-0.3, -0.25) is 4.57 Å². The monoisotopic (exact) mass is 793 g/mol. The van der Waals surface area contributed by atoms with Crippen molar-refractivity contribution in [1.82, 2.24) is 23.9 Å². The average Bonchev–Trinajstić information content (AvgIpc) is 4.12. The zero-order valence-corrected chi connectivity index (χ0v) is 33.4. The van der Waals surface area contributed by atoms with Crippen LogP contribution in [0, 0.1) is 0 Å². The Bertz CT molecular complexity index is 3810. The van der Waals surface area contributed by atoms with Gasteiger partial charge < -0.3 is 13.6 Å². The Morgan fingerprint density at radius 3 is 1.65 bits per heavy atom. The van der Waals surface area contributed by atoms with E-state index in [9.17, 15) is 0 Å². The van der Waals surface area contributed by atoms with E-state index >= 15 is 0 Å². The second-order valence-electron chi connectivity index (χ2n) is 15.8. The van der Waals surface area contributed by atoms with Gasteiger partial charge in [0.05, 0.1) is 38.8 Å². The first-order chi connectivity index (χ1) is 30.8. The molecule has 4 aromatic heterocycles. The number of hydrogen-bond donors (Lipinski definition) is 0. The van der Waals surface area contributed by atoms with Gasteiger partial charge in [0.2, 0.25) is 0 Å². The minimum Gasteiger partial charge on any atom is -0.455 e. The summed E-state index contributed by atoms with van der Waals surface area (Å²) >= 11 is 0. The highest BCUT2D eigenvalue weighted by Gasteiger charge is 2.24. The van der Waals surface area contributed by atoms with Gasteiger partial charge in [0, 0.05) is 49.3 Å². The van der Waals surface area contributed by atoms with Crippen LogP contribution in [0.2, 0.25) is 0 Å². The molecule has 0 bridgehead atoms. The van der Waals surface area contributed by atoms with Crippen molar-refractivity contribution in [2.75, 3.05) is 0 Å². The molecular weight excluding hydrogens is 759 g/mol. The molecule has 0 atom stereocenters. The molecule has 0 saturated heterocycles. The number of furan rings is 1. The lowest BCUT2D eigenvalue weighted by molar-refractivity contribution is 0.673. The van der Waals surface area contributed by atoms with Gasteiger partial charge in [0.1, 0.15) is 11.2 Å². The van der Waals surface area contributed by atoms with Crippen LogP contribution in [-0.4, -0.2) is 23.9 Å². The van der Waals surface area contributed by atoms with E-state index in [0.29, 0.717) is 0 Å². The van der Waals surface area contributed by atoms with Crippen LogP contribution in [0.25, 0.3) is 117 Å². The zero-order valence-electron chi connectivity index (χ0n) is 33.4. The molecular formula is C56H35N5O. The third kappa shape index (κ3) is 5.04. The number of benzene rings is 9. The number of fused-ring (bicyclic) bond motifs is 10. The summed E-state index contributed by atoms with van der Waals surface area (Å²) in [6.45, 7) is 0. The molecule has 4 heterocycles. The van der Waals surface area contributed by atoms with Gasteiger partial charge in [-0.05, 0) is 66.2 Å². The molecule has 0 aliphatic heterocycles. The number of rotatable bonds is 6. The SMILES string of the molecule is c1ccc(-c2nnc(-c3ccccc3)n2-c2cccc3c2c2ccccc2n3-c2cccc(-c3ccccc3-n3c4ccccc4c4c5oc6ccccc6c5ccc43)c2)cc1. The molecule has 0 saturated carbocycles.